The van der Waals surface area contributed by atoms with Gasteiger partial charge in [0.05, 0.1) is 0 Å². The fourth-order valence-electron chi connectivity index (χ4n) is 7.49. The van der Waals surface area contributed by atoms with Crippen molar-refractivity contribution in [3.05, 3.63) is 0 Å². The van der Waals surface area contributed by atoms with E-state index in [0.29, 0.717) is 26.9 Å². The lowest BCUT2D eigenvalue weighted by Gasteiger charge is -2.32. The zero-order chi connectivity index (χ0) is 90.5. The molecule has 0 amide bonds. The van der Waals surface area contributed by atoms with Gasteiger partial charge in [-0.15, -0.1) is 199 Å². The van der Waals surface area contributed by atoms with Crippen LogP contribution in [0.25, 0.3) is 0 Å². The molecule has 31 nitrogen and oxygen atoms in total. The van der Waals surface area contributed by atoms with E-state index in [0.717, 1.165) is 63.3 Å². The van der Waals surface area contributed by atoms with E-state index in [4.69, 9.17) is 0 Å². The first-order chi connectivity index (χ1) is 51.0. The zero-order valence-electron chi connectivity index (χ0n) is 60.7. The highest BCUT2D eigenvalue weighted by Gasteiger charge is 2.49. The average molecular weight is 2180 g/mol. The van der Waals surface area contributed by atoms with E-state index in [1.165, 1.54) is 49.0 Å². The number of rotatable bonds is 16. The summed E-state index contributed by atoms with van der Waals surface area (Å²) in [4.78, 5) is 0. The summed E-state index contributed by atoms with van der Waals surface area (Å²) >= 11 is 0. The molecule has 0 saturated carbocycles. The SMILES string of the molecule is CCN(C)P1(F)=NP(F)(F)=NP(F)(F)=N1.CCN(CC)P1(F)=NP(F)(F)=NP(F)(F)=N1.CCN(CC)P1(F)=NP(F)(F)=NP(F)(N(CC)CC)=N1.CN(C)P1(F)=NP(F)(F)=NP(F)(F)=N1.CN(C)P1(F)=NP(F)(F)=NP(F)(F)=NP(F)(F)=N1.CN(C)P1(F)=NP(F)(F)=NP(F)(N(C)C)=N1.FP1(F)=NP(F)(F)=NP(F)(N2CCCC2)=N1. The minimum absolute atomic E-state index is 0.00617. The molecule has 9 unspecified atom stereocenters. The van der Waals surface area contributed by atoms with Gasteiger partial charge in [0.1, 0.15) is 0 Å². The van der Waals surface area contributed by atoms with E-state index < -0.39 is 171 Å². The van der Waals surface area contributed by atoms with Crippen LogP contribution in [0.4, 0.5) is 147 Å². The molecule has 8 aliphatic heterocycles. The predicted molar refractivity (Wildman–Crippen MR) is 407 cm³/mol. The number of halogens is 35. The molecule has 88 heteroatoms. The van der Waals surface area contributed by atoms with Crippen molar-refractivity contribution in [2.24, 2.45) is 99.3 Å². The van der Waals surface area contributed by atoms with E-state index in [-0.39, 0.29) is 58.9 Å². The Morgan fingerprint density at radius 3 is 0.609 bits per heavy atom. The Hall–Kier alpha value is 2.25. The monoisotopic (exact) mass is 2180 g/mol. The maximum Gasteiger partial charge on any atom is 0.425 e. The zero-order valence-corrected chi connectivity index (χ0v) is 80.4. The largest absolute Gasteiger partial charge is 0.425 e. The van der Waals surface area contributed by atoms with Crippen molar-refractivity contribution in [2.75, 3.05) is 122 Å². The van der Waals surface area contributed by atoms with Crippen LogP contribution < -0.4 is 0 Å². The Balaban J connectivity index is 0.000000456. The lowest BCUT2D eigenvalue weighted by molar-refractivity contribution is 0.461. The molecule has 0 aliphatic carbocycles. The summed E-state index contributed by atoms with van der Waals surface area (Å²) in [5.41, 5.74) is 0. The lowest BCUT2D eigenvalue weighted by atomic mass is 10.4. The van der Waals surface area contributed by atoms with Gasteiger partial charge in [-0.2, -0.15) is 46.8 Å². The first-order valence-electron chi connectivity index (χ1n) is 29.8. The maximum atomic E-state index is 14.8. The standard InChI is InChI=1S/C8H20F4N5P3.C4H8F5N4P3.C4H10F5N4P3.C4H12F4N5P3.C3H8F5N4P3.C2H6F7N5P4.C2H6F5N4P3/c1-5-16(6-2)19(11)13-18(9,10)14-20(12,15-19)17(7-3)8-4;5-14(6)10-15(7,8)12-16(9,11-14)13-3-1-2-4-13;1-3-13(4-2)16(9)11-14(5,6)10-15(7,8)12-16;1-12(2)15(7)9-14(5,6)10-16(8,11-15)13(3)4;1-3-12(2)15(8)10-13(4,5)9-14(6,7)11-15;1-14(2)18(9)12-16(5,6)10-15(3,4)11-17(7,8)13-18;1-11(2)14(7)9-12(3,4)8-13(5,6)10-14/h5-8H2,1-4H3;1-4H2;3-4H2,1-2H3;1-4H3;3H2,1-2H3;1-2H3;1-2H3. The molecular weight excluding hydrogens is 2100 g/mol. The van der Waals surface area contributed by atoms with Gasteiger partial charge in [-0.05, 0) is 76.3 Å². The Labute approximate surface area is 640 Å². The number of hydrogen-bond acceptors (Lipinski definition) is 31. The van der Waals surface area contributed by atoms with Crippen LogP contribution in [0.2, 0.25) is 0 Å². The first kappa shape index (κ1) is 113. The normalized spacial score (nSPS) is 34.2. The molecule has 1 saturated heterocycles. The third-order valence-corrected chi connectivity index (χ3v) is 61.5. The molecule has 0 aromatic heterocycles. The molecule has 1 fully saturated rings. The van der Waals surface area contributed by atoms with E-state index in [2.05, 4.69) is 72.2 Å². The number of nitrogens with zero attached hydrogens (tertiary/aromatic N) is 31. The van der Waals surface area contributed by atoms with Gasteiger partial charge in [0.2, 0.25) is 0 Å². The van der Waals surface area contributed by atoms with Crippen LogP contribution in [0.1, 0.15) is 61.3 Å². The Morgan fingerprint density at radius 1 is 0.191 bits per heavy atom. The van der Waals surface area contributed by atoms with Crippen molar-refractivity contribution >= 4 is 171 Å². The van der Waals surface area contributed by atoms with Gasteiger partial charge in [0.15, 0.2) is 0 Å². The third-order valence-electron chi connectivity index (χ3n) is 12.5. The highest BCUT2D eigenvalue weighted by Crippen LogP contribution is 2.89. The van der Waals surface area contributed by atoms with E-state index in [9.17, 15) is 147 Å². The van der Waals surface area contributed by atoms with Crippen LogP contribution in [-0.4, -0.2) is 164 Å². The molecule has 8 heterocycles. The van der Waals surface area contributed by atoms with Crippen molar-refractivity contribution in [1.82, 2.24) is 42.0 Å². The minimum Gasteiger partial charge on any atom is -0.232 e. The Morgan fingerprint density at radius 2 is 0.357 bits per heavy atom. The van der Waals surface area contributed by atoms with Gasteiger partial charge in [0, 0.05) is 58.9 Å². The van der Waals surface area contributed by atoms with Crippen molar-refractivity contribution in [1.29, 1.82) is 0 Å². The molecule has 688 valence electrons. The van der Waals surface area contributed by atoms with Gasteiger partial charge in [-0.1, -0.05) is 48.5 Å². The van der Waals surface area contributed by atoms with E-state index in [1.807, 2.05) is 18.1 Å². The van der Waals surface area contributed by atoms with Crippen molar-refractivity contribution in [2.45, 2.75) is 61.3 Å². The van der Waals surface area contributed by atoms with Crippen LogP contribution in [0.3, 0.4) is 0 Å². The first-order valence-corrected chi connectivity index (χ1v) is 62.9. The second-order valence-electron chi connectivity index (χ2n) is 21.8. The summed E-state index contributed by atoms with van der Waals surface area (Å²) in [6, 6.07) is 0. The summed E-state index contributed by atoms with van der Waals surface area (Å²) in [5, 5.41) is 0. The molecule has 0 aromatic carbocycles. The maximum absolute atomic E-state index is 14.8. The van der Waals surface area contributed by atoms with Crippen LogP contribution in [0.5, 0.6) is 0 Å². The topological polar surface area (TPSA) is 301 Å². The molecule has 0 radical (unpaired) electrons. The molecule has 9 atom stereocenters. The van der Waals surface area contributed by atoms with Gasteiger partial charge >= 0.3 is 171 Å². The number of hydrogen-bond donors (Lipinski definition) is 0. The fourth-order valence-corrected chi connectivity index (χ4v) is 54.7. The van der Waals surface area contributed by atoms with Crippen LogP contribution in [0, 0.1) is 0 Å². The molecular formula is C27H70F35N31P22. The Kier molecular flexibility index (Phi) is 40.3. The molecule has 0 N–H and O–H groups in total. The van der Waals surface area contributed by atoms with Crippen molar-refractivity contribution in [3.8, 4) is 0 Å². The summed E-state index contributed by atoms with van der Waals surface area (Å²) in [6.07, 6.45) is 1.17. The smallest absolute Gasteiger partial charge is 0.232 e. The van der Waals surface area contributed by atoms with Crippen molar-refractivity contribution in [3.63, 3.8) is 0 Å². The predicted octanol–water partition coefficient (Wildman–Crippen LogP) is 41.1. The van der Waals surface area contributed by atoms with Crippen LogP contribution >= 0.6 is 171 Å². The quantitative estimate of drug-likeness (QED) is 0.105. The summed E-state index contributed by atoms with van der Waals surface area (Å²) < 4.78 is 522. The second-order valence-corrected chi connectivity index (χ2v) is 64.4. The summed E-state index contributed by atoms with van der Waals surface area (Å²) in [5.74, 6) is 0. The molecule has 8 rings (SSSR count). The molecule has 115 heavy (non-hydrogen) atoms. The van der Waals surface area contributed by atoms with E-state index in [1.54, 1.807) is 36.7 Å². The fraction of sp³-hybridized carbons (Fsp3) is 1.00. The van der Waals surface area contributed by atoms with Crippen LogP contribution in [-0.2, 0) is 0 Å². The molecule has 0 spiro atoms. The van der Waals surface area contributed by atoms with Gasteiger partial charge < -0.3 is 0 Å². The summed E-state index contributed by atoms with van der Waals surface area (Å²) in [6.45, 7) is 11.6. The summed E-state index contributed by atoms with van der Waals surface area (Å²) in [7, 11) is -105. The highest BCUT2D eigenvalue weighted by molar-refractivity contribution is 7.83. The third kappa shape index (κ3) is 34.7. The van der Waals surface area contributed by atoms with Gasteiger partial charge in [-0.25, -0.2) is 42.0 Å². The van der Waals surface area contributed by atoms with Crippen molar-refractivity contribution < 1.29 is 147 Å². The second kappa shape index (κ2) is 40.9. The lowest BCUT2D eigenvalue weighted by Crippen LogP contribution is -2.20. The van der Waals surface area contributed by atoms with Gasteiger partial charge in [-0.3, -0.25) is 0 Å². The Bertz CT molecular complexity index is 4790. The molecule has 0 aromatic rings. The average Bonchev–Trinajstić information content (AvgIpc) is 0.950. The highest BCUT2D eigenvalue weighted by atomic mass is 31.3. The molecule has 8 aliphatic rings. The van der Waals surface area contributed by atoms with Gasteiger partial charge in [0.25, 0.3) is 0 Å². The van der Waals surface area contributed by atoms with E-state index >= 15 is 0 Å². The molecule has 0 bridgehead atoms. The van der Waals surface area contributed by atoms with Crippen LogP contribution in [0.15, 0.2) is 99.3 Å². The minimum atomic E-state index is -6.24.